The van der Waals surface area contributed by atoms with Crippen LogP contribution in [0.2, 0.25) is 0 Å². The van der Waals surface area contributed by atoms with Crippen LogP contribution in [0.15, 0.2) is 41.3 Å². The van der Waals surface area contributed by atoms with Crippen LogP contribution in [-0.2, 0) is 10.0 Å². The Kier molecular flexibility index (Phi) is 4.71. The van der Waals surface area contributed by atoms with Crippen LogP contribution in [0.25, 0.3) is 5.65 Å². The van der Waals surface area contributed by atoms with Crippen molar-refractivity contribution in [2.75, 3.05) is 18.4 Å². The maximum Gasteiger partial charge on any atom is 0.274 e. The highest BCUT2D eigenvalue weighted by molar-refractivity contribution is 7.89. The quantitative estimate of drug-likeness (QED) is 0.630. The number of piperidine rings is 1. The summed E-state index contributed by atoms with van der Waals surface area (Å²) >= 11 is 0. The van der Waals surface area contributed by atoms with Crippen molar-refractivity contribution in [1.29, 1.82) is 0 Å². The van der Waals surface area contributed by atoms with Crippen LogP contribution in [0.1, 0.15) is 34.7 Å². The van der Waals surface area contributed by atoms with E-state index in [1.165, 1.54) is 0 Å². The number of benzene rings is 1. The Morgan fingerprint density at radius 1 is 1.19 bits per heavy atom. The zero-order chi connectivity index (χ0) is 21.8. The van der Waals surface area contributed by atoms with E-state index in [9.17, 15) is 13.2 Å². The van der Waals surface area contributed by atoms with E-state index >= 15 is 0 Å². The summed E-state index contributed by atoms with van der Waals surface area (Å²) in [6.07, 6.45) is 1.14. The Balaban J connectivity index is 1.37. The molecule has 2 aromatic heterocycles. The number of hydrogen-bond acceptors (Lipinski definition) is 6. The molecule has 2 aliphatic rings. The summed E-state index contributed by atoms with van der Waals surface area (Å²) in [5.74, 6) is -0.216. The third kappa shape index (κ3) is 3.55. The summed E-state index contributed by atoms with van der Waals surface area (Å²) in [5, 5.41) is 7.75. The van der Waals surface area contributed by atoms with Gasteiger partial charge in [0, 0.05) is 36.5 Å². The lowest BCUT2D eigenvalue weighted by atomic mass is 9.94. The lowest BCUT2D eigenvalue weighted by Gasteiger charge is -2.39. The minimum absolute atomic E-state index is 0.0556. The molecule has 0 saturated carbocycles. The van der Waals surface area contributed by atoms with Gasteiger partial charge >= 0.3 is 0 Å². The Morgan fingerprint density at radius 3 is 2.84 bits per heavy atom. The zero-order valence-corrected chi connectivity index (χ0v) is 18.2. The number of likely N-dealkylation sites (tertiary alicyclic amines) is 1. The second-order valence-electron chi connectivity index (χ2n) is 8.23. The Bertz CT molecular complexity index is 1290. The van der Waals surface area contributed by atoms with Crippen molar-refractivity contribution in [3.8, 4) is 0 Å². The van der Waals surface area contributed by atoms with E-state index in [4.69, 9.17) is 0 Å². The van der Waals surface area contributed by atoms with Gasteiger partial charge in [-0.3, -0.25) is 4.79 Å². The van der Waals surface area contributed by atoms with Gasteiger partial charge in [-0.1, -0.05) is 12.1 Å². The number of carbonyl (C=O) groups excluding carboxylic acids is 1. The summed E-state index contributed by atoms with van der Waals surface area (Å²) in [7, 11) is -3.60. The van der Waals surface area contributed by atoms with Crippen LogP contribution in [0.4, 0.5) is 5.69 Å². The first-order valence-corrected chi connectivity index (χ1v) is 11.8. The van der Waals surface area contributed by atoms with Crippen molar-refractivity contribution in [2.24, 2.45) is 5.92 Å². The maximum absolute atomic E-state index is 13.2. The monoisotopic (exact) mass is 440 g/mol. The number of fused-ring (bicyclic) bond motifs is 2. The Labute approximate surface area is 180 Å². The molecule has 0 radical (unpaired) electrons. The van der Waals surface area contributed by atoms with E-state index in [0.717, 1.165) is 24.2 Å². The number of aryl methyl sites for hydroxylation is 2. The lowest BCUT2D eigenvalue weighted by molar-refractivity contribution is 0.0652. The summed E-state index contributed by atoms with van der Waals surface area (Å²) in [5.41, 5.74) is 3.37. The number of carbonyl (C=O) groups is 1. The van der Waals surface area contributed by atoms with Crippen LogP contribution in [-0.4, -0.2) is 53.1 Å². The predicted octanol–water partition coefficient (Wildman–Crippen LogP) is 1.93. The van der Waals surface area contributed by atoms with E-state index in [1.807, 2.05) is 26.0 Å². The van der Waals surface area contributed by atoms with Gasteiger partial charge in [-0.15, -0.1) is 0 Å². The van der Waals surface area contributed by atoms with Crippen LogP contribution >= 0.6 is 0 Å². The van der Waals surface area contributed by atoms with Crippen molar-refractivity contribution in [3.63, 3.8) is 0 Å². The molecule has 10 heteroatoms. The largest absolute Gasteiger partial charge is 0.368 e. The molecule has 0 bridgehead atoms. The van der Waals surface area contributed by atoms with Crippen molar-refractivity contribution >= 4 is 27.3 Å². The van der Waals surface area contributed by atoms with Crippen molar-refractivity contribution in [3.05, 3.63) is 53.5 Å². The van der Waals surface area contributed by atoms with Gasteiger partial charge in [-0.05, 0) is 44.9 Å². The molecule has 0 aliphatic carbocycles. The molecule has 0 unspecified atom stereocenters. The topological polar surface area (TPSA) is 109 Å². The minimum atomic E-state index is -3.60. The van der Waals surface area contributed by atoms with Gasteiger partial charge in [0.05, 0.1) is 11.9 Å². The highest BCUT2D eigenvalue weighted by Crippen LogP contribution is 2.30. The molecule has 1 fully saturated rings. The standard InChI is InChI=1S/C21H24N6O3S/c1-13-10-14(2)27-19(22-13)11-17(24-27)21(28)26-9-5-6-15(12-26)20-23-16-7-3-4-8-18(16)31(29,30)25-20/h3-4,7-8,10-11,15,20,23,25H,5-6,9,12H2,1-2H3/t15-,20-/m1/s1. The number of amides is 1. The molecular weight excluding hydrogens is 416 g/mol. The number of aromatic nitrogens is 3. The Morgan fingerprint density at radius 2 is 2.00 bits per heavy atom. The fourth-order valence-corrected chi connectivity index (χ4v) is 5.87. The number of rotatable bonds is 2. The number of nitrogens with one attached hydrogen (secondary N) is 2. The molecule has 1 amide bonds. The number of anilines is 1. The first-order valence-electron chi connectivity index (χ1n) is 10.3. The summed E-state index contributed by atoms with van der Waals surface area (Å²) in [6.45, 7) is 4.90. The zero-order valence-electron chi connectivity index (χ0n) is 17.4. The average Bonchev–Trinajstić information content (AvgIpc) is 3.17. The molecular formula is C21H24N6O3S. The molecule has 2 atom stereocenters. The Hall–Kier alpha value is -2.98. The molecule has 1 aromatic carbocycles. The van der Waals surface area contributed by atoms with Gasteiger partial charge in [0.1, 0.15) is 4.90 Å². The average molecular weight is 441 g/mol. The predicted molar refractivity (Wildman–Crippen MR) is 115 cm³/mol. The third-order valence-electron chi connectivity index (χ3n) is 5.94. The van der Waals surface area contributed by atoms with Gasteiger partial charge < -0.3 is 10.2 Å². The number of sulfonamides is 1. The lowest BCUT2D eigenvalue weighted by Crippen LogP contribution is -2.54. The van der Waals surface area contributed by atoms with E-state index in [-0.39, 0.29) is 16.7 Å². The highest BCUT2D eigenvalue weighted by atomic mass is 32.2. The summed E-state index contributed by atoms with van der Waals surface area (Å²) in [4.78, 5) is 19.6. The first kappa shape index (κ1) is 20.0. The molecule has 31 heavy (non-hydrogen) atoms. The molecule has 1 saturated heterocycles. The second kappa shape index (κ2) is 7.31. The molecule has 2 N–H and O–H groups in total. The number of hydrogen-bond donors (Lipinski definition) is 2. The molecule has 162 valence electrons. The van der Waals surface area contributed by atoms with Gasteiger partial charge in [0.25, 0.3) is 5.91 Å². The smallest absolute Gasteiger partial charge is 0.274 e. The van der Waals surface area contributed by atoms with E-state index in [2.05, 4.69) is 20.1 Å². The fourth-order valence-electron chi connectivity index (χ4n) is 4.48. The van der Waals surface area contributed by atoms with Gasteiger partial charge in [-0.2, -0.15) is 9.82 Å². The van der Waals surface area contributed by atoms with Gasteiger partial charge in [0.2, 0.25) is 10.0 Å². The van der Waals surface area contributed by atoms with Crippen molar-refractivity contribution in [1.82, 2.24) is 24.2 Å². The summed E-state index contributed by atoms with van der Waals surface area (Å²) in [6, 6.07) is 10.5. The minimum Gasteiger partial charge on any atom is -0.368 e. The highest BCUT2D eigenvalue weighted by Gasteiger charge is 2.37. The van der Waals surface area contributed by atoms with E-state index in [0.29, 0.717) is 30.1 Å². The van der Waals surface area contributed by atoms with Gasteiger partial charge in [-0.25, -0.2) is 17.9 Å². The molecule has 9 nitrogen and oxygen atoms in total. The van der Waals surface area contributed by atoms with Crippen LogP contribution in [0.5, 0.6) is 0 Å². The fraction of sp³-hybridized carbons (Fsp3) is 0.381. The van der Waals surface area contributed by atoms with Crippen LogP contribution in [0.3, 0.4) is 0 Å². The van der Waals surface area contributed by atoms with Crippen LogP contribution in [0, 0.1) is 19.8 Å². The van der Waals surface area contributed by atoms with Crippen molar-refractivity contribution < 1.29 is 13.2 Å². The molecule has 3 aromatic rings. The van der Waals surface area contributed by atoms with E-state index < -0.39 is 16.2 Å². The maximum atomic E-state index is 13.2. The SMILES string of the molecule is Cc1cc(C)n2nc(C(=O)N3CCC[C@@H]([C@@H]4Nc5ccccc5S(=O)(=O)N4)C3)cc2n1. The molecule has 0 spiro atoms. The number of nitrogens with zero attached hydrogens (tertiary/aromatic N) is 4. The van der Waals surface area contributed by atoms with Gasteiger partial charge in [0.15, 0.2) is 11.3 Å². The first-order chi connectivity index (χ1) is 14.8. The normalized spacial score (nSPS) is 22.7. The van der Waals surface area contributed by atoms with E-state index in [1.54, 1.807) is 33.7 Å². The second-order valence-corrected chi connectivity index (χ2v) is 9.91. The molecule has 5 rings (SSSR count). The number of para-hydroxylation sites is 1. The van der Waals surface area contributed by atoms with Crippen molar-refractivity contribution in [2.45, 2.75) is 37.8 Å². The molecule has 2 aliphatic heterocycles. The van der Waals surface area contributed by atoms with Crippen LogP contribution < -0.4 is 10.0 Å². The summed E-state index contributed by atoms with van der Waals surface area (Å²) < 4.78 is 29.8. The molecule has 4 heterocycles. The third-order valence-corrected chi connectivity index (χ3v) is 7.44.